The second-order valence-electron chi connectivity index (χ2n) is 6.25. The van der Waals surface area contributed by atoms with Crippen molar-refractivity contribution in [3.8, 4) is 0 Å². The van der Waals surface area contributed by atoms with E-state index in [0.717, 1.165) is 24.0 Å². The van der Waals surface area contributed by atoms with Gasteiger partial charge in [-0.3, -0.25) is 0 Å². The molecule has 1 N–H and O–H groups in total. The Morgan fingerprint density at radius 1 is 1.19 bits per heavy atom. The molecule has 1 aliphatic carbocycles. The monoisotopic (exact) mass is 308 g/mol. The fourth-order valence-electron chi connectivity index (χ4n) is 3.44. The zero-order chi connectivity index (χ0) is 15.2. The van der Waals surface area contributed by atoms with Crippen LogP contribution < -0.4 is 10.2 Å². The maximum Gasteiger partial charge on any atom is 0.0412 e. The Labute approximate surface area is 134 Å². The van der Waals surface area contributed by atoms with E-state index in [1.165, 1.54) is 43.4 Å². The van der Waals surface area contributed by atoms with Crippen LogP contribution in [0.25, 0.3) is 0 Å². The highest BCUT2D eigenvalue weighted by Crippen LogP contribution is 2.33. The molecule has 1 aromatic carbocycles. The summed E-state index contributed by atoms with van der Waals surface area (Å²) in [5, 5.41) is 4.25. The summed E-state index contributed by atoms with van der Waals surface area (Å²) in [4.78, 5) is 2.48. The fourth-order valence-corrected chi connectivity index (χ4v) is 3.63. The molecule has 1 saturated carbocycles. The summed E-state index contributed by atoms with van der Waals surface area (Å²) in [6.45, 7) is 6.33. The molecule has 0 atom stereocenters. The maximum atomic E-state index is 6.18. The zero-order valence-electron chi connectivity index (χ0n) is 13.7. The first-order valence-electron chi connectivity index (χ1n) is 8.37. The lowest BCUT2D eigenvalue weighted by molar-refractivity contribution is 0.313. The molecule has 1 aromatic rings. The third-order valence-electron chi connectivity index (χ3n) is 4.93. The molecule has 0 saturated heterocycles. The number of anilines is 1. The van der Waals surface area contributed by atoms with Gasteiger partial charge in [0.25, 0.3) is 0 Å². The van der Waals surface area contributed by atoms with Gasteiger partial charge in [0.15, 0.2) is 0 Å². The molecule has 1 aliphatic rings. The van der Waals surface area contributed by atoms with Gasteiger partial charge in [0.05, 0.1) is 0 Å². The van der Waals surface area contributed by atoms with E-state index in [9.17, 15) is 0 Å². The smallest absolute Gasteiger partial charge is 0.0412 e. The predicted molar refractivity (Wildman–Crippen MR) is 93.3 cm³/mol. The largest absolute Gasteiger partial charge is 0.371 e. The number of benzene rings is 1. The SMILES string of the molecule is CCNCc1cc(Cl)ccc1N(C)C1CCC(CC)CC1. The van der Waals surface area contributed by atoms with Crippen LogP contribution in [0.1, 0.15) is 51.5 Å². The Hall–Kier alpha value is -0.730. The summed E-state index contributed by atoms with van der Waals surface area (Å²) in [5.41, 5.74) is 2.64. The quantitative estimate of drug-likeness (QED) is 0.807. The van der Waals surface area contributed by atoms with Gasteiger partial charge >= 0.3 is 0 Å². The van der Waals surface area contributed by atoms with E-state index in [2.05, 4.69) is 43.2 Å². The van der Waals surface area contributed by atoms with Crippen molar-refractivity contribution in [2.75, 3.05) is 18.5 Å². The molecule has 0 amide bonds. The highest BCUT2D eigenvalue weighted by molar-refractivity contribution is 6.30. The zero-order valence-corrected chi connectivity index (χ0v) is 14.4. The highest BCUT2D eigenvalue weighted by atomic mass is 35.5. The van der Waals surface area contributed by atoms with Crippen LogP contribution in [0.4, 0.5) is 5.69 Å². The van der Waals surface area contributed by atoms with Crippen molar-refractivity contribution in [1.29, 1.82) is 0 Å². The molecule has 21 heavy (non-hydrogen) atoms. The van der Waals surface area contributed by atoms with E-state index in [1.807, 2.05) is 6.07 Å². The van der Waals surface area contributed by atoms with Gasteiger partial charge in [-0.25, -0.2) is 0 Å². The van der Waals surface area contributed by atoms with Crippen molar-refractivity contribution in [3.05, 3.63) is 28.8 Å². The molecule has 0 radical (unpaired) electrons. The van der Waals surface area contributed by atoms with Gasteiger partial charge in [0.2, 0.25) is 0 Å². The van der Waals surface area contributed by atoms with Crippen LogP contribution in [0.15, 0.2) is 18.2 Å². The van der Waals surface area contributed by atoms with E-state index in [0.29, 0.717) is 6.04 Å². The van der Waals surface area contributed by atoms with Crippen molar-refractivity contribution >= 4 is 17.3 Å². The highest BCUT2D eigenvalue weighted by Gasteiger charge is 2.24. The van der Waals surface area contributed by atoms with Gasteiger partial charge < -0.3 is 10.2 Å². The number of rotatable bonds is 6. The summed E-state index contributed by atoms with van der Waals surface area (Å²) in [6, 6.07) is 6.98. The standard InChI is InChI=1S/C18H29ClN2/c1-4-14-6-9-17(10-7-14)21(3)18-11-8-16(19)12-15(18)13-20-5-2/h8,11-12,14,17,20H,4-7,9-10,13H2,1-3H3. The van der Waals surface area contributed by atoms with E-state index in [1.54, 1.807) is 0 Å². The number of hydrogen-bond acceptors (Lipinski definition) is 2. The first kappa shape index (κ1) is 16.6. The minimum Gasteiger partial charge on any atom is -0.371 e. The topological polar surface area (TPSA) is 15.3 Å². The summed E-state index contributed by atoms with van der Waals surface area (Å²) in [5.74, 6) is 0.945. The van der Waals surface area contributed by atoms with Crippen molar-refractivity contribution < 1.29 is 0 Å². The van der Waals surface area contributed by atoms with Crippen LogP contribution in [0.5, 0.6) is 0 Å². The van der Waals surface area contributed by atoms with E-state index < -0.39 is 0 Å². The third-order valence-corrected chi connectivity index (χ3v) is 5.16. The van der Waals surface area contributed by atoms with Gasteiger partial charge in [-0.15, -0.1) is 0 Å². The predicted octanol–water partition coefficient (Wildman–Crippen LogP) is 4.85. The molecule has 1 fully saturated rings. The van der Waals surface area contributed by atoms with Gasteiger partial charge in [-0.2, -0.15) is 0 Å². The first-order chi connectivity index (χ1) is 10.2. The van der Waals surface area contributed by atoms with Crippen molar-refractivity contribution in [2.24, 2.45) is 5.92 Å². The molecule has 0 aliphatic heterocycles. The minimum absolute atomic E-state index is 0.675. The first-order valence-corrected chi connectivity index (χ1v) is 8.75. The Bertz CT molecular complexity index is 439. The lowest BCUT2D eigenvalue weighted by atomic mass is 9.84. The fraction of sp³-hybridized carbons (Fsp3) is 0.667. The molecule has 3 heteroatoms. The summed E-state index contributed by atoms with van der Waals surface area (Å²) < 4.78 is 0. The van der Waals surface area contributed by atoms with Gasteiger partial charge in [-0.1, -0.05) is 31.9 Å². The third kappa shape index (κ3) is 4.37. The van der Waals surface area contributed by atoms with Crippen molar-refractivity contribution in [2.45, 2.75) is 58.5 Å². The average molecular weight is 309 g/mol. The normalized spacial score (nSPS) is 22.3. The van der Waals surface area contributed by atoms with Crippen LogP contribution >= 0.6 is 11.6 Å². The minimum atomic E-state index is 0.675. The summed E-state index contributed by atoms with van der Waals surface area (Å²) in [6.07, 6.45) is 6.73. The van der Waals surface area contributed by atoms with Gasteiger partial charge in [-0.05, 0) is 61.9 Å². The molecule has 118 valence electrons. The molecular formula is C18H29ClN2. The van der Waals surface area contributed by atoms with Crippen molar-refractivity contribution in [1.82, 2.24) is 5.32 Å². The van der Waals surface area contributed by atoms with Crippen LogP contribution in [0.2, 0.25) is 5.02 Å². The van der Waals surface area contributed by atoms with E-state index >= 15 is 0 Å². The van der Waals surface area contributed by atoms with E-state index in [-0.39, 0.29) is 0 Å². The lowest BCUT2D eigenvalue weighted by Gasteiger charge is -2.37. The Kier molecular flexibility index (Phi) is 6.38. The van der Waals surface area contributed by atoms with Gasteiger partial charge in [0, 0.05) is 30.3 Å². The van der Waals surface area contributed by atoms with Gasteiger partial charge in [0.1, 0.15) is 0 Å². The maximum absolute atomic E-state index is 6.18. The van der Waals surface area contributed by atoms with E-state index in [4.69, 9.17) is 11.6 Å². The molecule has 2 rings (SSSR count). The molecular weight excluding hydrogens is 280 g/mol. The second kappa shape index (κ2) is 8.05. The molecule has 0 unspecified atom stereocenters. The molecule has 0 spiro atoms. The number of halogens is 1. The molecule has 0 heterocycles. The summed E-state index contributed by atoms with van der Waals surface area (Å²) >= 11 is 6.18. The Morgan fingerprint density at radius 2 is 1.90 bits per heavy atom. The Balaban J connectivity index is 2.09. The van der Waals surface area contributed by atoms with Crippen molar-refractivity contribution in [3.63, 3.8) is 0 Å². The Morgan fingerprint density at radius 3 is 2.52 bits per heavy atom. The molecule has 2 nitrogen and oxygen atoms in total. The number of nitrogens with one attached hydrogen (secondary N) is 1. The van der Waals surface area contributed by atoms with Crippen LogP contribution in [0.3, 0.4) is 0 Å². The average Bonchev–Trinajstić information content (AvgIpc) is 2.52. The number of nitrogens with zero attached hydrogens (tertiary/aromatic N) is 1. The second-order valence-corrected chi connectivity index (χ2v) is 6.68. The summed E-state index contributed by atoms with van der Waals surface area (Å²) in [7, 11) is 2.25. The molecule has 0 aromatic heterocycles. The molecule has 0 bridgehead atoms. The van der Waals surface area contributed by atoms with Crippen LogP contribution in [-0.2, 0) is 6.54 Å². The van der Waals surface area contributed by atoms with Crippen LogP contribution in [-0.4, -0.2) is 19.6 Å². The number of hydrogen-bond donors (Lipinski definition) is 1. The van der Waals surface area contributed by atoms with Crippen LogP contribution in [0, 0.1) is 5.92 Å². The lowest BCUT2D eigenvalue weighted by Crippen LogP contribution is -2.36.